The molecule has 1 atom stereocenters. The number of aromatic amines is 1. The van der Waals surface area contributed by atoms with Crippen LogP contribution in [-0.2, 0) is 6.54 Å². The molecule has 1 rings (SSSR count). The van der Waals surface area contributed by atoms with Crippen molar-refractivity contribution < 1.29 is 0 Å². The van der Waals surface area contributed by atoms with E-state index in [4.69, 9.17) is 5.73 Å². The number of nitrogens with two attached hydrogens (primary N) is 1. The highest BCUT2D eigenvalue weighted by Gasteiger charge is 2.09. The molecule has 4 N–H and O–H groups in total. The van der Waals surface area contributed by atoms with E-state index in [0.717, 1.165) is 6.54 Å². The first-order valence-electron chi connectivity index (χ1n) is 4.65. The van der Waals surface area contributed by atoms with Crippen LogP contribution in [0.2, 0.25) is 0 Å². The normalized spacial score (nSPS) is 13.5. The van der Waals surface area contributed by atoms with Crippen LogP contribution in [0.5, 0.6) is 0 Å². The molecule has 1 heterocycles. The summed E-state index contributed by atoms with van der Waals surface area (Å²) in [5.74, 6) is 0.567. The van der Waals surface area contributed by atoms with Crippen LogP contribution in [0.25, 0.3) is 0 Å². The minimum absolute atomic E-state index is 0.384. The van der Waals surface area contributed by atoms with Crippen molar-refractivity contribution in [3.05, 3.63) is 18.0 Å². The molecule has 0 aliphatic heterocycles. The topological polar surface area (TPSA) is 66.7 Å². The molecule has 0 radical (unpaired) electrons. The van der Waals surface area contributed by atoms with E-state index < -0.39 is 0 Å². The van der Waals surface area contributed by atoms with Gasteiger partial charge in [-0.15, -0.1) is 0 Å². The van der Waals surface area contributed by atoms with Gasteiger partial charge in [0.05, 0.1) is 6.20 Å². The van der Waals surface area contributed by atoms with Crippen molar-refractivity contribution in [1.82, 2.24) is 15.5 Å². The smallest absolute Gasteiger partial charge is 0.0532 e. The first-order chi connectivity index (χ1) is 6.24. The maximum atomic E-state index is 5.63. The Morgan fingerprint density at radius 2 is 2.38 bits per heavy atom. The maximum Gasteiger partial charge on any atom is 0.0532 e. The molecule has 0 saturated carbocycles. The van der Waals surface area contributed by atoms with Gasteiger partial charge in [-0.2, -0.15) is 5.10 Å². The molecule has 0 fully saturated rings. The lowest BCUT2D eigenvalue weighted by molar-refractivity contribution is 0.405. The molecule has 0 saturated heterocycles. The molecule has 13 heavy (non-hydrogen) atoms. The number of aromatic nitrogens is 2. The Morgan fingerprint density at radius 3 is 2.85 bits per heavy atom. The Hall–Kier alpha value is -0.870. The fraction of sp³-hybridized carbons (Fsp3) is 0.667. The van der Waals surface area contributed by atoms with Crippen LogP contribution >= 0.6 is 0 Å². The van der Waals surface area contributed by atoms with Crippen LogP contribution in [0.1, 0.15) is 19.4 Å². The summed E-state index contributed by atoms with van der Waals surface area (Å²) in [5, 5.41) is 10.0. The largest absolute Gasteiger partial charge is 0.329 e. The van der Waals surface area contributed by atoms with Gasteiger partial charge in [0.25, 0.3) is 0 Å². The van der Waals surface area contributed by atoms with E-state index in [1.807, 2.05) is 12.4 Å². The van der Waals surface area contributed by atoms with Gasteiger partial charge in [0, 0.05) is 30.9 Å². The summed E-state index contributed by atoms with van der Waals surface area (Å²) in [7, 11) is 0. The lowest BCUT2D eigenvalue weighted by Gasteiger charge is -2.19. The van der Waals surface area contributed by atoms with E-state index in [2.05, 4.69) is 29.4 Å². The first kappa shape index (κ1) is 10.2. The predicted octanol–water partition coefficient (Wildman–Crippen LogP) is 0.483. The molecule has 1 aromatic heterocycles. The SMILES string of the molecule is CC(C)C(CN)NCc1cn[nH]c1. The summed E-state index contributed by atoms with van der Waals surface area (Å²) in [5.41, 5.74) is 6.79. The second-order valence-corrected chi connectivity index (χ2v) is 3.57. The highest BCUT2D eigenvalue weighted by atomic mass is 15.1. The first-order valence-corrected chi connectivity index (χ1v) is 4.65. The van der Waals surface area contributed by atoms with Crippen molar-refractivity contribution in [2.24, 2.45) is 11.7 Å². The van der Waals surface area contributed by atoms with Crippen LogP contribution in [0.3, 0.4) is 0 Å². The summed E-state index contributed by atoms with van der Waals surface area (Å²) >= 11 is 0. The Kier molecular flexibility index (Phi) is 3.92. The van der Waals surface area contributed by atoms with Crippen LogP contribution < -0.4 is 11.1 Å². The third-order valence-corrected chi connectivity index (χ3v) is 2.18. The van der Waals surface area contributed by atoms with E-state index in [9.17, 15) is 0 Å². The van der Waals surface area contributed by atoms with Gasteiger partial charge in [0.1, 0.15) is 0 Å². The Balaban J connectivity index is 2.32. The van der Waals surface area contributed by atoms with E-state index in [-0.39, 0.29) is 0 Å². The van der Waals surface area contributed by atoms with Gasteiger partial charge in [-0.1, -0.05) is 13.8 Å². The summed E-state index contributed by atoms with van der Waals surface area (Å²) in [6.45, 7) is 5.84. The van der Waals surface area contributed by atoms with Gasteiger partial charge in [0.2, 0.25) is 0 Å². The van der Waals surface area contributed by atoms with Gasteiger partial charge in [-0.3, -0.25) is 5.10 Å². The monoisotopic (exact) mass is 182 g/mol. The number of H-pyrrole nitrogens is 1. The molecular formula is C9H18N4. The summed E-state index contributed by atoms with van der Waals surface area (Å²) in [6.07, 6.45) is 3.71. The Labute approximate surface area is 78.9 Å². The number of nitrogens with zero attached hydrogens (tertiary/aromatic N) is 1. The lowest BCUT2D eigenvalue weighted by atomic mass is 10.0. The summed E-state index contributed by atoms with van der Waals surface area (Å²) in [4.78, 5) is 0. The zero-order valence-corrected chi connectivity index (χ0v) is 8.25. The number of nitrogens with one attached hydrogen (secondary N) is 2. The number of hydrogen-bond donors (Lipinski definition) is 3. The molecule has 74 valence electrons. The zero-order valence-electron chi connectivity index (χ0n) is 8.25. The standard InChI is InChI=1S/C9H18N4/c1-7(2)9(3-10)11-4-8-5-12-13-6-8/h5-7,9,11H,3-4,10H2,1-2H3,(H,12,13). The minimum Gasteiger partial charge on any atom is -0.329 e. The molecule has 0 aliphatic rings. The van der Waals surface area contributed by atoms with Gasteiger partial charge < -0.3 is 11.1 Å². The molecule has 1 unspecified atom stereocenters. The third kappa shape index (κ3) is 3.16. The van der Waals surface area contributed by atoms with E-state index in [0.29, 0.717) is 18.5 Å². The van der Waals surface area contributed by atoms with Crippen LogP contribution in [-0.4, -0.2) is 22.8 Å². The molecule has 0 spiro atoms. The van der Waals surface area contributed by atoms with Crippen LogP contribution in [0.15, 0.2) is 12.4 Å². The molecular weight excluding hydrogens is 164 g/mol. The number of rotatable bonds is 5. The van der Waals surface area contributed by atoms with Crippen molar-refractivity contribution in [3.8, 4) is 0 Å². The molecule has 0 bridgehead atoms. The average molecular weight is 182 g/mol. The maximum absolute atomic E-state index is 5.63. The van der Waals surface area contributed by atoms with Crippen LogP contribution in [0.4, 0.5) is 0 Å². The molecule has 0 aliphatic carbocycles. The summed E-state index contributed by atoms with van der Waals surface area (Å²) < 4.78 is 0. The van der Waals surface area contributed by atoms with E-state index in [1.165, 1.54) is 5.56 Å². The lowest BCUT2D eigenvalue weighted by Crippen LogP contribution is -2.39. The Morgan fingerprint density at radius 1 is 1.62 bits per heavy atom. The van der Waals surface area contributed by atoms with Crippen molar-refractivity contribution in [1.29, 1.82) is 0 Å². The van der Waals surface area contributed by atoms with Gasteiger partial charge in [-0.25, -0.2) is 0 Å². The van der Waals surface area contributed by atoms with Gasteiger partial charge >= 0.3 is 0 Å². The average Bonchev–Trinajstić information content (AvgIpc) is 2.57. The quantitative estimate of drug-likeness (QED) is 0.620. The molecule has 4 nitrogen and oxygen atoms in total. The van der Waals surface area contributed by atoms with Gasteiger partial charge in [0.15, 0.2) is 0 Å². The highest BCUT2D eigenvalue weighted by molar-refractivity contribution is 5.01. The highest BCUT2D eigenvalue weighted by Crippen LogP contribution is 2.01. The van der Waals surface area contributed by atoms with Crippen molar-refractivity contribution in [2.45, 2.75) is 26.4 Å². The fourth-order valence-corrected chi connectivity index (χ4v) is 1.21. The molecule has 0 amide bonds. The fourth-order valence-electron chi connectivity index (χ4n) is 1.21. The number of hydrogen-bond acceptors (Lipinski definition) is 3. The van der Waals surface area contributed by atoms with Crippen molar-refractivity contribution in [3.63, 3.8) is 0 Å². The molecule has 0 aromatic carbocycles. The predicted molar refractivity (Wildman–Crippen MR) is 53.1 cm³/mol. The van der Waals surface area contributed by atoms with E-state index >= 15 is 0 Å². The zero-order chi connectivity index (χ0) is 9.68. The van der Waals surface area contributed by atoms with Crippen molar-refractivity contribution in [2.75, 3.05) is 6.54 Å². The third-order valence-electron chi connectivity index (χ3n) is 2.18. The molecule has 1 aromatic rings. The minimum atomic E-state index is 0.384. The van der Waals surface area contributed by atoms with E-state index in [1.54, 1.807) is 0 Å². The Bertz CT molecular complexity index is 218. The molecule has 4 heteroatoms. The summed E-state index contributed by atoms with van der Waals surface area (Å²) in [6, 6.07) is 0.384. The second-order valence-electron chi connectivity index (χ2n) is 3.57. The van der Waals surface area contributed by atoms with Gasteiger partial charge in [-0.05, 0) is 5.92 Å². The second kappa shape index (κ2) is 4.99. The van der Waals surface area contributed by atoms with Crippen LogP contribution in [0, 0.1) is 5.92 Å². The van der Waals surface area contributed by atoms with Crippen molar-refractivity contribution >= 4 is 0 Å².